The molecule has 2 saturated heterocycles. The van der Waals surface area contributed by atoms with Gasteiger partial charge in [-0.25, -0.2) is 14.8 Å². The van der Waals surface area contributed by atoms with Gasteiger partial charge in [-0.1, -0.05) is 18.2 Å². The topological polar surface area (TPSA) is 136 Å². The van der Waals surface area contributed by atoms with Crippen LogP contribution in [0, 0.1) is 6.92 Å². The first-order valence-corrected chi connectivity index (χ1v) is 17.5. The van der Waals surface area contributed by atoms with E-state index in [0.29, 0.717) is 36.2 Å². The summed E-state index contributed by atoms with van der Waals surface area (Å²) in [5.74, 6) is 0.0411. The lowest BCUT2D eigenvalue weighted by molar-refractivity contribution is -0.120. The molecule has 0 spiro atoms. The maximum atomic E-state index is 13.2. The van der Waals surface area contributed by atoms with E-state index >= 15 is 0 Å². The number of aryl methyl sites for hydroxylation is 1. The molecule has 0 radical (unpaired) electrons. The summed E-state index contributed by atoms with van der Waals surface area (Å²) < 4.78 is 0. The Morgan fingerprint density at radius 3 is 2.42 bits per heavy atom. The molecule has 4 amide bonds. The molecule has 3 N–H and O–H groups in total. The number of anilines is 5. The highest BCUT2D eigenvalue weighted by molar-refractivity contribution is 6.06. The van der Waals surface area contributed by atoms with E-state index in [1.807, 2.05) is 79.7 Å². The van der Waals surface area contributed by atoms with Crippen LogP contribution < -0.4 is 25.8 Å². The zero-order valence-electron chi connectivity index (χ0n) is 29.3. The van der Waals surface area contributed by atoms with Gasteiger partial charge in [0.25, 0.3) is 5.91 Å². The molecule has 264 valence electrons. The van der Waals surface area contributed by atoms with Crippen LogP contribution in [0.5, 0.6) is 0 Å². The number of hydrogen-bond acceptors (Lipinski definition) is 9. The molecule has 4 heterocycles. The van der Waals surface area contributed by atoms with E-state index in [4.69, 9.17) is 0 Å². The molecular formula is C40H41N9O3. The van der Waals surface area contributed by atoms with Gasteiger partial charge in [-0.2, -0.15) is 0 Å². The van der Waals surface area contributed by atoms with Crippen molar-refractivity contribution in [3.63, 3.8) is 0 Å². The van der Waals surface area contributed by atoms with Crippen molar-refractivity contribution >= 4 is 46.5 Å². The molecule has 3 aromatic carbocycles. The van der Waals surface area contributed by atoms with Gasteiger partial charge < -0.3 is 15.5 Å². The van der Waals surface area contributed by atoms with Gasteiger partial charge in [0.1, 0.15) is 0 Å². The number of rotatable bonds is 10. The summed E-state index contributed by atoms with van der Waals surface area (Å²) in [7, 11) is 2.16. The first-order chi connectivity index (χ1) is 25.3. The van der Waals surface area contributed by atoms with Gasteiger partial charge in [0.2, 0.25) is 11.9 Å². The van der Waals surface area contributed by atoms with E-state index in [2.05, 4.69) is 59.9 Å². The minimum absolute atomic E-state index is 0.182. The van der Waals surface area contributed by atoms with Crippen LogP contribution in [0.1, 0.15) is 40.7 Å². The predicted molar refractivity (Wildman–Crippen MR) is 203 cm³/mol. The van der Waals surface area contributed by atoms with Crippen LogP contribution in [0.4, 0.5) is 33.5 Å². The molecule has 0 bridgehead atoms. The molecule has 0 aliphatic carbocycles. The fourth-order valence-electron chi connectivity index (χ4n) is 6.65. The van der Waals surface area contributed by atoms with Crippen molar-refractivity contribution in [2.45, 2.75) is 38.8 Å². The number of carbonyl (C=O) groups is 3. The van der Waals surface area contributed by atoms with Crippen molar-refractivity contribution in [2.24, 2.45) is 0 Å². The molecule has 0 unspecified atom stereocenters. The zero-order valence-corrected chi connectivity index (χ0v) is 29.3. The molecule has 12 heteroatoms. The van der Waals surface area contributed by atoms with Gasteiger partial charge >= 0.3 is 6.03 Å². The number of amides is 4. The van der Waals surface area contributed by atoms with Crippen molar-refractivity contribution in [3.8, 4) is 11.3 Å². The molecule has 52 heavy (non-hydrogen) atoms. The predicted octanol–water partition coefficient (Wildman–Crippen LogP) is 6.39. The summed E-state index contributed by atoms with van der Waals surface area (Å²) in [5.41, 5.74) is 7.78. The molecule has 2 aromatic heterocycles. The van der Waals surface area contributed by atoms with Crippen LogP contribution in [-0.2, 0) is 11.3 Å². The monoisotopic (exact) mass is 695 g/mol. The number of nitrogens with one attached hydrogen (secondary N) is 3. The average molecular weight is 696 g/mol. The third kappa shape index (κ3) is 8.08. The standard InChI is InChI=1S/C40H41N9O3/c1-27-5-10-31(24-36(27)45-39-42-20-15-35(44-39)30-4-3-19-41-25-30)43-38(51)29-8-13-33(14-9-29)48-21-16-32(17-22-48)47(2)26-28-6-11-34(12-7-28)49-23-18-37(50)46-40(49)52/h3-15,19-20,24-25,32H,16-18,21-23,26H2,1-2H3,(H,43,51)(H,42,44,45)(H,46,50,52). The second kappa shape index (κ2) is 15.4. The third-order valence-electron chi connectivity index (χ3n) is 9.67. The summed E-state index contributed by atoms with van der Waals surface area (Å²) >= 11 is 0. The van der Waals surface area contributed by atoms with Crippen LogP contribution >= 0.6 is 0 Å². The lowest BCUT2D eigenvalue weighted by Crippen LogP contribution is -2.49. The van der Waals surface area contributed by atoms with Crippen LogP contribution in [0.2, 0.25) is 0 Å². The highest BCUT2D eigenvalue weighted by Gasteiger charge is 2.25. The van der Waals surface area contributed by atoms with E-state index < -0.39 is 0 Å². The van der Waals surface area contributed by atoms with Crippen LogP contribution in [-0.4, -0.2) is 70.4 Å². The second-order valence-corrected chi connectivity index (χ2v) is 13.2. The molecule has 7 rings (SSSR count). The first-order valence-electron chi connectivity index (χ1n) is 17.5. The van der Waals surface area contributed by atoms with E-state index in [0.717, 1.165) is 66.4 Å². The van der Waals surface area contributed by atoms with E-state index in [1.165, 1.54) is 5.56 Å². The summed E-state index contributed by atoms with van der Waals surface area (Å²) in [6, 6.07) is 27.3. The highest BCUT2D eigenvalue weighted by atomic mass is 16.2. The number of urea groups is 1. The SMILES string of the molecule is Cc1ccc(NC(=O)c2ccc(N3CCC(N(C)Cc4ccc(N5CCC(=O)NC5=O)cc4)CC3)cc2)cc1Nc1nccc(-c2cccnc2)n1. The number of aromatic nitrogens is 3. The molecule has 2 aliphatic heterocycles. The number of piperidine rings is 1. The van der Waals surface area contributed by atoms with Crippen molar-refractivity contribution in [1.82, 2.24) is 25.2 Å². The molecule has 2 fully saturated rings. The summed E-state index contributed by atoms with van der Waals surface area (Å²) in [6.45, 7) is 5.05. The smallest absolute Gasteiger partial charge is 0.328 e. The zero-order chi connectivity index (χ0) is 36.0. The number of carbonyl (C=O) groups excluding carboxylic acids is 3. The quantitative estimate of drug-likeness (QED) is 0.152. The minimum atomic E-state index is -0.368. The summed E-state index contributed by atoms with van der Waals surface area (Å²) in [6.07, 6.45) is 7.56. The number of imide groups is 1. The number of benzene rings is 3. The lowest BCUT2D eigenvalue weighted by Gasteiger charge is -2.38. The number of pyridine rings is 1. The normalized spacial score (nSPS) is 15.1. The maximum Gasteiger partial charge on any atom is 0.328 e. The Hall–Kier alpha value is -6.14. The Bertz CT molecular complexity index is 2050. The summed E-state index contributed by atoms with van der Waals surface area (Å²) in [5, 5.41) is 8.70. The van der Waals surface area contributed by atoms with Gasteiger partial charge in [0.05, 0.1) is 5.69 Å². The Balaban J connectivity index is 0.902. The van der Waals surface area contributed by atoms with E-state index in [9.17, 15) is 14.4 Å². The largest absolute Gasteiger partial charge is 0.371 e. The van der Waals surface area contributed by atoms with Crippen LogP contribution in [0.3, 0.4) is 0 Å². The Morgan fingerprint density at radius 2 is 1.69 bits per heavy atom. The van der Waals surface area contributed by atoms with Gasteiger partial charge in [0.15, 0.2) is 0 Å². The molecule has 0 saturated carbocycles. The van der Waals surface area contributed by atoms with Gasteiger partial charge in [-0.15, -0.1) is 0 Å². The van der Waals surface area contributed by atoms with Gasteiger partial charge in [-0.05, 0) is 105 Å². The van der Waals surface area contributed by atoms with Crippen LogP contribution in [0.15, 0.2) is 104 Å². The van der Waals surface area contributed by atoms with Crippen LogP contribution in [0.25, 0.3) is 11.3 Å². The third-order valence-corrected chi connectivity index (χ3v) is 9.67. The molecule has 12 nitrogen and oxygen atoms in total. The van der Waals surface area contributed by atoms with E-state index in [-0.39, 0.29) is 17.8 Å². The second-order valence-electron chi connectivity index (χ2n) is 13.2. The first kappa shape index (κ1) is 34.3. The van der Waals surface area contributed by atoms with Crippen molar-refractivity contribution in [2.75, 3.05) is 47.1 Å². The molecule has 5 aromatic rings. The lowest BCUT2D eigenvalue weighted by atomic mass is 10.0. The Labute approximate surface area is 302 Å². The van der Waals surface area contributed by atoms with E-state index in [1.54, 1.807) is 23.5 Å². The van der Waals surface area contributed by atoms with Crippen molar-refractivity contribution in [3.05, 3.63) is 120 Å². The average Bonchev–Trinajstić information content (AvgIpc) is 3.17. The molecule has 2 aliphatic rings. The number of hydrogen-bond donors (Lipinski definition) is 3. The molecule has 0 atom stereocenters. The van der Waals surface area contributed by atoms with Gasteiger partial charge in [0, 0.05) is 91.1 Å². The van der Waals surface area contributed by atoms with Gasteiger partial charge in [-0.3, -0.25) is 29.7 Å². The minimum Gasteiger partial charge on any atom is -0.371 e. The van der Waals surface area contributed by atoms with Crippen molar-refractivity contribution < 1.29 is 14.4 Å². The van der Waals surface area contributed by atoms with Crippen molar-refractivity contribution in [1.29, 1.82) is 0 Å². The Morgan fingerprint density at radius 1 is 0.923 bits per heavy atom. The maximum absolute atomic E-state index is 13.2. The fourth-order valence-corrected chi connectivity index (χ4v) is 6.65. The number of nitrogens with zero attached hydrogens (tertiary/aromatic N) is 6. The fraction of sp³-hybridized carbons (Fsp3) is 0.250. The highest BCUT2D eigenvalue weighted by Crippen LogP contribution is 2.27. The summed E-state index contributed by atoms with van der Waals surface area (Å²) in [4.78, 5) is 56.5. The Kier molecular flexibility index (Phi) is 10.2. The molecular weight excluding hydrogens is 654 g/mol.